The second-order valence-corrected chi connectivity index (χ2v) is 12.1. The van der Waals surface area contributed by atoms with Gasteiger partial charge >= 0.3 is 5.97 Å². The van der Waals surface area contributed by atoms with Crippen molar-refractivity contribution < 1.29 is 33.8 Å². The zero-order valence-electron chi connectivity index (χ0n) is 24.9. The molecular formula is C34H39N3O7. The highest BCUT2D eigenvalue weighted by Crippen LogP contribution is 2.53. The largest absolute Gasteiger partial charge is 0.460 e. The lowest BCUT2D eigenvalue weighted by molar-refractivity contribution is -0.158. The van der Waals surface area contributed by atoms with Gasteiger partial charge in [0.2, 0.25) is 11.8 Å². The number of anilines is 1. The van der Waals surface area contributed by atoms with Crippen molar-refractivity contribution in [2.45, 2.75) is 62.9 Å². The molecule has 3 amide bonds. The van der Waals surface area contributed by atoms with Gasteiger partial charge in [0.15, 0.2) is 0 Å². The normalized spacial score (nSPS) is 31.4. The number of nitrogens with one attached hydrogen (secondary N) is 1. The van der Waals surface area contributed by atoms with Gasteiger partial charge in [-0.25, -0.2) is 0 Å². The average molecular weight is 602 g/mol. The summed E-state index contributed by atoms with van der Waals surface area (Å²) in [5, 5.41) is 14.1. The minimum atomic E-state index is -1.38. The van der Waals surface area contributed by atoms with Gasteiger partial charge in [-0.1, -0.05) is 54.6 Å². The van der Waals surface area contributed by atoms with Gasteiger partial charge in [0, 0.05) is 31.8 Å². The molecule has 0 radical (unpaired) electrons. The monoisotopic (exact) mass is 601 g/mol. The number of rotatable bonds is 6. The molecule has 2 saturated heterocycles. The number of cyclic esters (lactones) is 1. The summed E-state index contributed by atoms with van der Waals surface area (Å²) < 4.78 is 12.5. The van der Waals surface area contributed by atoms with Crippen molar-refractivity contribution in [3.63, 3.8) is 0 Å². The van der Waals surface area contributed by atoms with Gasteiger partial charge in [0.25, 0.3) is 5.91 Å². The molecule has 1 spiro atoms. The van der Waals surface area contributed by atoms with E-state index in [1.165, 1.54) is 0 Å². The maximum Gasteiger partial charge on any atom is 0.313 e. The van der Waals surface area contributed by atoms with Gasteiger partial charge in [-0.2, -0.15) is 0 Å². The molecule has 0 aromatic heterocycles. The molecule has 4 heterocycles. The second kappa shape index (κ2) is 12.5. The van der Waals surface area contributed by atoms with E-state index in [4.69, 9.17) is 9.47 Å². The number of nitrogens with zero attached hydrogens (tertiary/aromatic N) is 2. The highest BCUT2D eigenvalue weighted by Gasteiger charge is 2.71. The number of fused-ring (bicyclic) bond motifs is 3. The molecular weight excluding hydrogens is 562 g/mol. The van der Waals surface area contributed by atoms with E-state index in [9.17, 15) is 24.3 Å². The number of allylic oxidation sites excluding steroid dienone is 1. The molecule has 6 rings (SSSR count). The fourth-order valence-corrected chi connectivity index (χ4v) is 7.05. The minimum Gasteiger partial charge on any atom is -0.460 e. The predicted molar refractivity (Wildman–Crippen MR) is 163 cm³/mol. The Balaban J connectivity index is 1.40. The van der Waals surface area contributed by atoms with Gasteiger partial charge in [0.1, 0.15) is 23.7 Å². The number of benzene rings is 2. The summed E-state index contributed by atoms with van der Waals surface area (Å²) in [6.45, 7) is 2.48. The zero-order valence-corrected chi connectivity index (χ0v) is 24.9. The number of amides is 3. The minimum absolute atomic E-state index is 0.0467. The van der Waals surface area contributed by atoms with Gasteiger partial charge in [0.05, 0.1) is 18.6 Å². The first-order valence-electron chi connectivity index (χ1n) is 15.5. The first-order chi connectivity index (χ1) is 21.3. The Bertz CT molecular complexity index is 1500. The van der Waals surface area contributed by atoms with E-state index in [0.717, 1.165) is 10.8 Å². The van der Waals surface area contributed by atoms with Crippen LogP contribution in [0.25, 0.3) is 10.8 Å². The van der Waals surface area contributed by atoms with Crippen molar-refractivity contribution in [3.05, 3.63) is 66.8 Å². The zero-order chi connectivity index (χ0) is 30.8. The highest BCUT2D eigenvalue weighted by atomic mass is 16.6. The Morgan fingerprint density at radius 2 is 1.82 bits per heavy atom. The molecule has 0 unspecified atom stereocenters. The molecule has 10 nitrogen and oxygen atoms in total. The molecule has 232 valence electrons. The van der Waals surface area contributed by atoms with Crippen LogP contribution in [0.3, 0.4) is 0 Å². The van der Waals surface area contributed by atoms with Gasteiger partial charge in [-0.15, -0.1) is 0 Å². The number of hydrogen-bond acceptors (Lipinski definition) is 7. The van der Waals surface area contributed by atoms with E-state index in [-0.39, 0.29) is 43.8 Å². The van der Waals surface area contributed by atoms with Crippen LogP contribution in [-0.4, -0.2) is 83.8 Å². The number of carbonyl (C=O) groups is 4. The number of unbranched alkanes of at least 4 members (excludes halogenated alkanes) is 2. The van der Waals surface area contributed by atoms with Crippen molar-refractivity contribution in [1.82, 2.24) is 10.2 Å². The summed E-state index contributed by atoms with van der Waals surface area (Å²) in [5.74, 6) is -3.26. The number of carbonyl (C=O) groups excluding carboxylic acids is 4. The Morgan fingerprint density at radius 3 is 2.64 bits per heavy atom. The maximum atomic E-state index is 14.6. The van der Waals surface area contributed by atoms with Gasteiger partial charge in [-0.3, -0.25) is 19.2 Å². The summed E-state index contributed by atoms with van der Waals surface area (Å²) in [6.07, 6.45) is 8.36. The number of ether oxygens (including phenoxy) is 2. The van der Waals surface area contributed by atoms with Crippen molar-refractivity contribution in [2.75, 3.05) is 31.1 Å². The number of aliphatic hydroxyl groups excluding tert-OH is 1. The van der Waals surface area contributed by atoms with Crippen LogP contribution in [0.2, 0.25) is 0 Å². The predicted octanol–water partition coefficient (Wildman–Crippen LogP) is 2.88. The Morgan fingerprint density at radius 1 is 1.00 bits per heavy atom. The summed E-state index contributed by atoms with van der Waals surface area (Å²) in [5.41, 5.74) is -0.672. The van der Waals surface area contributed by atoms with Gasteiger partial charge in [-0.05, 0) is 55.5 Å². The molecule has 2 aromatic rings. The SMILES string of the molecule is C[C@@H]1CNC(=O)CC/C=C\[C@H]2O[C@]34C=CCN(c5ccc6ccccc6c5)C(=O)[C@H]3N(CCCCCO)C(=O)[C@@H]4[C@H]2C(=O)O1. The molecule has 44 heavy (non-hydrogen) atoms. The average Bonchev–Trinajstić information content (AvgIpc) is 3.40. The number of esters is 1. The van der Waals surface area contributed by atoms with Crippen LogP contribution in [-0.2, 0) is 28.7 Å². The van der Waals surface area contributed by atoms with Crippen LogP contribution in [0.1, 0.15) is 39.0 Å². The second-order valence-electron chi connectivity index (χ2n) is 12.1. The summed E-state index contributed by atoms with van der Waals surface area (Å²) in [6, 6.07) is 12.8. The van der Waals surface area contributed by atoms with Crippen LogP contribution in [0.5, 0.6) is 0 Å². The molecule has 2 aromatic carbocycles. The fourth-order valence-electron chi connectivity index (χ4n) is 7.05. The molecule has 6 atom stereocenters. The lowest BCUT2D eigenvalue weighted by Crippen LogP contribution is -2.55. The highest BCUT2D eigenvalue weighted by molar-refractivity contribution is 6.06. The first-order valence-corrected chi connectivity index (χ1v) is 15.5. The number of likely N-dealkylation sites (tertiary alicyclic amines) is 1. The van der Waals surface area contributed by atoms with Crippen LogP contribution < -0.4 is 10.2 Å². The van der Waals surface area contributed by atoms with Crippen molar-refractivity contribution in [1.29, 1.82) is 0 Å². The summed E-state index contributed by atoms with van der Waals surface area (Å²) in [4.78, 5) is 58.3. The van der Waals surface area contributed by atoms with Crippen molar-refractivity contribution in [2.24, 2.45) is 11.8 Å². The Kier molecular flexibility index (Phi) is 8.55. The summed E-state index contributed by atoms with van der Waals surface area (Å²) in [7, 11) is 0. The quantitative estimate of drug-likeness (QED) is 0.296. The van der Waals surface area contributed by atoms with Crippen LogP contribution in [0.15, 0.2) is 66.8 Å². The van der Waals surface area contributed by atoms with E-state index in [1.807, 2.05) is 54.6 Å². The lowest BCUT2D eigenvalue weighted by Gasteiger charge is -2.35. The van der Waals surface area contributed by atoms with E-state index in [1.54, 1.807) is 28.9 Å². The Labute approximate surface area is 256 Å². The van der Waals surface area contributed by atoms with Crippen LogP contribution >= 0.6 is 0 Å². The van der Waals surface area contributed by atoms with E-state index >= 15 is 0 Å². The van der Waals surface area contributed by atoms with E-state index in [0.29, 0.717) is 37.9 Å². The van der Waals surface area contributed by atoms with Crippen LogP contribution in [0, 0.1) is 11.8 Å². The standard InChI is InChI=1S/C34H39N3O7/c1-22-21-35-27(39)13-6-5-12-26-28(33(42)43-22)29-31(40)37(17-7-2-8-19-38)30-32(41)36(18-9-16-34(29,30)44-26)25-15-14-23-10-3-4-11-24(23)20-25/h3-5,9-12,14-16,20,22,26,28-30,38H,2,6-8,13,17-19,21H2,1H3,(H,35,39)/b12-5-/t22-,26-,28+,29+,30-,34+/m1/s1. The fraction of sp³-hybridized carbons (Fsp3) is 0.471. The first kappa shape index (κ1) is 30.0. The lowest BCUT2D eigenvalue weighted by atomic mass is 9.78. The smallest absolute Gasteiger partial charge is 0.313 e. The molecule has 10 heteroatoms. The van der Waals surface area contributed by atoms with Crippen molar-refractivity contribution >= 4 is 40.2 Å². The third-order valence-electron chi connectivity index (χ3n) is 9.14. The summed E-state index contributed by atoms with van der Waals surface area (Å²) >= 11 is 0. The van der Waals surface area contributed by atoms with E-state index < -0.39 is 41.7 Å². The molecule has 0 aliphatic carbocycles. The maximum absolute atomic E-state index is 14.6. The number of aliphatic hydroxyl groups is 1. The third-order valence-corrected chi connectivity index (χ3v) is 9.14. The molecule has 4 aliphatic heterocycles. The molecule has 0 saturated carbocycles. The topological polar surface area (TPSA) is 125 Å². The van der Waals surface area contributed by atoms with Gasteiger partial charge < -0.3 is 29.7 Å². The van der Waals surface area contributed by atoms with Crippen LogP contribution in [0.4, 0.5) is 5.69 Å². The van der Waals surface area contributed by atoms with E-state index in [2.05, 4.69) is 5.32 Å². The number of hydrogen-bond donors (Lipinski definition) is 2. The molecule has 0 bridgehead atoms. The third kappa shape index (κ3) is 5.41. The molecule has 4 aliphatic rings. The molecule has 2 N–H and O–H groups in total. The molecule has 2 fully saturated rings. The Hall–Kier alpha value is -4.02. The van der Waals surface area contributed by atoms with Crippen molar-refractivity contribution in [3.8, 4) is 0 Å².